The molecule has 16 heavy (non-hydrogen) atoms. The number of nitrogens with one attached hydrogen (secondary N) is 1. The van der Waals surface area contributed by atoms with E-state index in [1.54, 1.807) is 0 Å². The van der Waals surface area contributed by atoms with Crippen molar-refractivity contribution in [1.29, 1.82) is 0 Å². The molecular weight excluding hydrogens is 377 g/mol. The Morgan fingerprint density at radius 1 is 1.38 bits per heavy atom. The Morgan fingerprint density at radius 3 is 2.75 bits per heavy atom. The summed E-state index contributed by atoms with van der Waals surface area (Å²) in [4.78, 5) is 0. The summed E-state index contributed by atoms with van der Waals surface area (Å²) in [5, 5.41) is 3.57. The first kappa shape index (κ1) is 14.5. The highest BCUT2D eigenvalue weighted by Gasteiger charge is 2.13. The van der Waals surface area contributed by atoms with Gasteiger partial charge in [0.15, 0.2) is 0 Å². The molecule has 1 unspecified atom stereocenters. The summed E-state index contributed by atoms with van der Waals surface area (Å²) in [7, 11) is 0. The van der Waals surface area contributed by atoms with Crippen LogP contribution in [0.2, 0.25) is 0 Å². The third kappa shape index (κ3) is 4.34. The zero-order chi connectivity index (χ0) is 12.0. The number of rotatable bonds is 6. The van der Waals surface area contributed by atoms with Gasteiger partial charge in [0, 0.05) is 14.1 Å². The Kier molecular flexibility index (Phi) is 6.92. The molecule has 0 amide bonds. The average molecular weight is 396 g/mol. The number of unbranched alkanes of at least 4 members (excludes halogenated alkanes) is 1. The van der Waals surface area contributed by atoms with E-state index in [1.807, 2.05) is 0 Å². The topological polar surface area (TPSA) is 12.0 Å². The van der Waals surface area contributed by atoms with Crippen molar-refractivity contribution in [3.05, 3.63) is 31.8 Å². The van der Waals surface area contributed by atoms with Crippen molar-refractivity contribution in [2.75, 3.05) is 6.54 Å². The van der Waals surface area contributed by atoms with Gasteiger partial charge in [0.1, 0.15) is 0 Å². The second-order valence-corrected chi connectivity index (χ2v) is 6.02. The van der Waals surface area contributed by atoms with Crippen LogP contribution in [0.3, 0.4) is 0 Å². The van der Waals surface area contributed by atoms with Gasteiger partial charge in [-0.15, -0.1) is 0 Å². The molecule has 0 heterocycles. The standard InChI is InChI=1S/C13H19BrIN/c1-3-5-6-13(16-4-2)11-9-10(15)7-8-12(11)14/h7-9,13,16H,3-6H2,1-2H3. The van der Waals surface area contributed by atoms with E-state index in [0.717, 1.165) is 6.54 Å². The van der Waals surface area contributed by atoms with Crippen LogP contribution in [-0.4, -0.2) is 6.54 Å². The largest absolute Gasteiger partial charge is 0.310 e. The van der Waals surface area contributed by atoms with E-state index in [-0.39, 0.29) is 0 Å². The molecule has 0 aromatic heterocycles. The van der Waals surface area contributed by atoms with Crippen molar-refractivity contribution < 1.29 is 0 Å². The summed E-state index contributed by atoms with van der Waals surface area (Å²) in [6.45, 7) is 5.43. The smallest absolute Gasteiger partial charge is 0.0331 e. The minimum atomic E-state index is 0.481. The molecule has 0 fully saturated rings. The molecule has 1 aromatic carbocycles. The van der Waals surface area contributed by atoms with Crippen LogP contribution in [0.25, 0.3) is 0 Å². The molecule has 0 spiro atoms. The molecule has 0 aliphatic carbocycles. The molecule has 0 radical (unpaired) electrons. The van der Waals surface area contributed by atoms with E-state index >= 15 is 0 Å². The predicted octanol–water partition coefficient (Wildman–Crippen LogP) is 4.89. The van der Waals surface area contributed by atoms with Crippen LogP contribution in [0.4, 0.5) is 0 Å². The van der Waals surface area contributed by atoms with Crippen molar-refractivity contribution in [2.24, 2.45) is 0 Å². The van der Waals surface area contributed by atoms with Crippen LogP contribution in [0.1, 0.15) is 44.7 Å². The number of halogens is 2. The van der Waals surface area contributed by atoms with Crippen LogP contribution >= 0.6 is 38.5 Å². The van der Waals surface area contributed by atoms with Crippen LogP contribution in [0, 0.1) is 3.57 Å². The average Bonchev–Trinajstić information content (AvgIpc) is 2.28. The quantitative estimate of drug-likeness (QED) is 0.676. The van der Waals surface area contributed by atoms with E-state index in [4.69, 9.17) is 0 Å². The molecule has 1 N–H and O–H groups in total. The van der Waals surface area contributed by atoms with Gasteiger partial charge in [-0.3, -0.25) is 0 Å². The summed E-state index contributed by atoms with van der Waals surface area (Å²) >= 11 is 6.02. The third-order valence-electron chi connectivity index (χ3n) is 2.63. The van der Waals surface area contributed by atoms with Gasteiger partial charge in [-0.1, -0.05) is 42.6 Å². The summed E-state index contributed by atoms with van der Waals surface area (Å²) in [5.41, 5.74) is 1.39. The summed E-state index contributed by atoms with van der Waals surface area (Å²) in [5.74, 6) is 0. The van der Waals surface area contributed by atoms with Crippen molar-refractivity contribution in [3.63, 3.8) is 0 Å². The van der Waals surface area contributed by atoms with E-state index < -0.39 is 0 Å². The normalized spacial score (nSPS) is 12.8. The Balaban J connectivity index is 2.85. The summed E-state index contributed by atoms with van der Waals surface area (Å²) < 4.78 is 2.52. The van der Waals surface area contributed by atoms with Crippen molar-refractivity contribution >= 4 is 38.5 Å². The van der Waals surface area contributed by atoms with Crippen LogP contribution in [0.15, 0.2) is 22.7 Å². The minimum Gasteiger partial charge on any atom is -0.310 e. The van der Waals surface area contributed by atoms with Crippen LogP contribution in [0.5, 0.6) is 0 Å². The van der Waals surface area contributed by atoms with Gasteiger partial charge in [0.05, 0.1) is 0 Å². The Labute approximate surface area is 121 Å². The van der Waals surface area contributed by atoms with Gasteiger partial charge < -0.3 is 5.32 Å². The molecule has 90 valence electrons. The first-order valence-electron chi connectivity index (χ1n) is 5.87. The molecule has 1 rings (SSSR count). The lowest BCUT2D eigenvalue weighted by Crippen LogP contribution is -2.21. The molecule has 1 atom stereocenters. The maximum absolute atomic E-state index is 3.65. The second-order valence-electron chi connectivity index (χ2n) is 3.92. The Bertz CT molecular complexity index is 328. The van der Waals surface area contributed by atoms with Crippen LogP contribution in [-0.2, 0) is 0 Å². The van der Waals surface area contributed by atoms with Gasteiger partial charge in [0.25, 0.3) is 0 Å². The van der Waals surface area contributed by atoms with Crippen molar-refractivity contribution in [1.82, 2.24) is 5.32 Å². The van der Waals surface area contributed by atoms with Gasteiger partial charge in [-0.2, -0.15) is 0 Å². The SMILES string of the molecule is CCCCC(NCC)c1cc(I)ccc1Br. The molecule has 1 aromatic rings. The minimum absolute atomic E-state index is 0.481. The highest BCUT2D eigenvalue weighted by molar-refractivity contribution is 14.1. The fourth-order valence-corrected chi connectivity index (χ4v) is 2.84. The highest BCUT2D eigenvalue weighted by Crippen LogP contribution is 2.28. The van der Waals surface area contributed by atoms with Gasteiger partial charge in [-0.25, -0.2) is 0 Å². The Hall–Kier alpha value is 0.390. The van der Waals surface area contributed by atoms with E-state index in [0.29, 0.717) is 6.04 Å². The lowest BCUT2D eigenvalue weighted by Gasteiger charge is -2.19. The first-order valence-corrected chi connectivity index (χ1v) is 7.74. The monoisotopic (exact) mass is 395 g/mol. The predicted molar refractivity (Wildman–Crippen MR) is 82.8 cm³/mol. The third-order valence-corrected chi connectivity index (χ3v) is 4.02. The first-order chi connectivity index (χ1) is 7.69. The number of benzene rings is 1. The molecule has 1 nitrogen and oxygen atoms in total. The van der Waals surface area contributed by atoms with Crippen molar-refractivity contribution in [3.8, 4) is 0 Å². The molecular formula is C13H19BrIN. The molecule has 0 bridgehead atoms. The number of hydrogen-bond donors (Lipinski definition) is 1. The maximum Gasteiger partial charge on any atom is 0.0331 e. The van der Waals surface area contributed by atoms with E-state index in [9.17, 15) is 0 Å². The fourth-order valence-electron chi connectivity index (χ4n) is 1.80. The molecule has 0 aliphatic rings. The molecule has 0 saturated carbocycles. The summed E-state index contributed by atoms with van der Waals surface area (Å²) in [6.07, 6.45) is 3.74. The second kappa shape index (κ2) is 7.67. The zero-order valence-corrected chi connectivity index (χ0v) is 13.6. The van der Waals surface area contributed by atoms with Crippen molar-refractivity contribution in [2.45, 2.75) is 39.2 Å². The van der Waals surface area contributed by atoms with E-state index in [1.165, 1.54) is 32.9 Å². The number of hydrogen-bond acceptors (Lipinski definition) is 1. The molecule has 0 aliphatic heterocycles. The zero-order valence-electron chi connectivity index (χ0n) is 9.89. The van der Waals surface area contributed by atoms with Gasteiger partial charge >= 0.3 is 0 Å². The van der Waals surface area contributed by atoms with Crippen LogP contribution < -0.4 is 5.32 Å². The fraction of sp³-hybridized carbons (Fsp3) is 0.538. The summed E-state index contributed by atoms with van der Waals surface area (Å²) in [6, 6.07) is 7.03. The lowest BCUT2D eigenvalue weighted by atomic mass is 10.0. The molecule has 3 heteroatoms. The lowest BCUT2D eigenvalue weighted by molar-refractivity contribution is 0.493. The van der Waals surface area contributed by atoms with E-state index in [2.05, 4.69) is 75.9 Å². The molecule has 0 saturated heterocycles. The van der Waals surface area contributed by atoms with Gasteiger partial charge in [0.2, 0.25) is 0 Å². The highest BCUT2D eigenvalue weighted by atomic mass is 127. The maximum atomic E-state index is 3.65. The Morgan fingerprint density at radius 2 is 2.12 bits per heavy atom. The van der Waals surface area contributed by atoms with Gasteiger partial charge in [-0.05, 0) is 59.3 Å².